The van der Waals surface area contributed by atoms with Crippen LogP contribution >= 0.6 is 0 Å². The molecule has 3 heterocycles. The molecule has 6 N–H and O–H groups in total. The van der Waals surface area contributed by atoms with Gasteiger partial charge >= 0.3 is 12.1 Å². The topological polar surface area (TPSA) is 294 Å². The number of amides is 2. The molecule has 0 bridgehead atoms. The van der Waals surface area contributed by atoms with Crippen LogP contribution in [-0.4, -0.2) is 168 Å². The van der Waals surface area contributed by atoms with Gasteiger partial charge in [-0.3, -0.25) is 24.1 Å². The van der Waals surface area contributed by atoms with Crippen molar-refractivity contribution in [1.82, 2.24) is 15.5 Å². The predicted octanol–water partition coefficient (Wildman–Crippen LogP) is 3.68. The highest BCUT2D eigenvalue weighted by Gasteiger charge is 2.55. The fourth-order valence-electron chi connectivity index (χ4n) is 11.0. The Bertz CT molecular complexity index is 2450. The summed E-state index contributed by atoms with van der Waals surface area (Å²) in [6.45, 7) is 6.74. The quantitative estimate of drug-likeness (QED) is 0.0602. The van der Waals surface area contributed by atoms with E-state index >= 15 is 0 Å². The molecule has 4 fully saturated rings. The van der Waals surface area contributed by atoms with Crippen molar-refractivity contribution in [3.63, 3.8) is 0 Å². The first kappa shape index (κ1) is 54.0. The van der Waals surface area contributed by atoms with Crippen LogP contribution in [0.3, 0.4) is 0 Å². The number of morpholine rings is 1. The van der Waals surface area contributed by atoms with Crippen molar-refractivity contribution in [2.45, 2.75) is 165 Å². The normalized spacial score (nSPS) is 27.8. The lowest BCUT2D eigenvalue weighted by molar-refractivity contribution is -0.258. The Morgan fingerprint density at radius 2 is 1.67 bits per heavy atom. The van der Waals surface area contributed by atoms with E-state index < -0.39 is 144 Å². The van der Waals surface area contributed by atoms with Crippen molar-refractivity contribution in [3.05, 3.63) is 51.6 Å². The number of hydrogen-bond acceptors (Lipinski definition) is 19. The number of nitrogens with one attached hydrogen (secondary N) is 2. The second kappa shape index (κ2) is 21.9. The van der Waals surface area contributed by atoms with E-state index in [1.807, 2.05) is 6.92 Å². The molecule has 3 aliphatic carbocycles. The third-order valence-electron chi connectivity index (χ3n) is 14.5. The Hall–Kier alpha value is -5.30. The van der Waals surface area contributed by atoms with Gasteiger partial charge in [-0.05, 0) is 65.9 Å². The molecule has 22 nitrogen and oxygen atoms in total. The van der Waals surface area contributed by atoms with Gasteiger partial charge < -0.3 is 73.7 Å². The monoisotopic (exact) mass is 1030 g/mol. The van der Waals surface area contributed by atoms with Gasteiger partial charge in [0.2, 0.25) is 11.7 Å². The maximum atomic E-state index is 14.6. The summed E-state index contributed by atoms with van der Waals surface area (Å²) in [6, 6.07) is 2.98. The number of carboxylic acids is 1. The van der Waals surface area contributed by atoms with E-state index in [-0.39, 0.29) is 53.4 Å². The summed E-state index contributed by atoms with van der Waals surface area (Å²) in [6.07, 6.45) is -2.66. The number of phenols is 2. The Balaban J connectivity index is 0.986. The number of methoxy groups -OCH3 is 2. The van der Waals surface area contributed by atoms with Crippen molar-refractivity contribution >= 4 is 35.3 Å². The first-order valence-electron chi connectivity index (χ1n) is 24.9. The fourth-order valence-corrected chi connectivity index (χ4v) is 11.0. The lowest BCUT2D eigenvalue weighted by Gasteiger charge is -2.43. The second-order valence-corrected chi connectivity index (χ2v) is 20.6. The molecule has 0 unspecified atom stereocenters. The molecule has 2 amide bonds. The fraction of sp³-hybridized carbons (Fsp3) is 0.647. The van der Waals surface area contributed by atoms with Gasteiger partial charge in [-0.1, -0.05) is 18.6 Å². The van der Waals surface area contributed by atoms with Crippen LogP contribution in [0.4, 0.5) is 4.79 Å². The predicted molar refractivity (Wildman–Crippen MR) is 252 cm³/mol. The van der Waals surface area contributed by atoms with E-state index in [1.165, 1.54) is 32.4 Å². The smallest absolute Gasteiger partial charge is 0.408 e. The van der Waals surface area contributed by atoms with E-state index in [1.54, 1.807) is 20.8 Å². The summed E-state index contributed by atoms with van der Waals surface area (Å²) in [4.78, 5) is 82.1. The number of aliphatic carboxylic acids is 1. The number of ether oxygens (including phenoxy) is 9. The van der Waals surface area contributed by atoms with E-state index in [4.69, 9.17) is 42.6 Å². The molecule has 1 saturated carbocycles. The highest BCUT2D eigenvalue weighted by atomic mass is 16.7. The molecule has 9 atom stereocenters. The van der Waals surface area contributed by atoms with Gasteiger partial charge in [-0.15, -0.1) is 0 Å². The summed E-state index contributed by atoms with van der Waals surface area (Å²) in [7, 11) is 2.86. The first-order valence-corrected chi connectivity index (χ1v) is 24.9. The van der Waals surface area contributed by atoms with Crippen molar-refractivity contribution in [2.24, 2.45) is 0 Å². The van der Waals surface area contributed by atoms with Crippen LogP contribution < -0.4 is 15.4 Å². The number of benzene rings is 2. The standard InChI is InChI=1S/C51H67N3O19/c1-26-44-30(54-19-20-67-47(66-6)45(54)72-44)21-35(70-26)71-32-23-50(64,22-28-37(32)43(60)39-38(41(28)58)40(57)27-13-12-15-31(65-5)36(27)42(39)59)33(55)24-68-51(16-9-7-10-17-51)69-25-34(56)52-18-11-8-14-29(46(61)62)53-48(63)73-49(2,3)4/h12-13,15,26,29-30,32,35,44-45,47,58,60,64H,7-11,14,16-25H2,1-6H3,(H,52,56)(H,53,63)(H,61,62)/t26-,29+,30-,32-,35-,44+,45+,47-,50-/m0/s1. The van der Waals surface area contributed by atoms with Crippen molar-refractivity contribution < 1.29 is 91.8 Å². The maximum absolute atomic E-state index is 14.6. The number of aromatic hydroxyl groups is 2. The average molecular weight is 1030 g/mol. The molecule has 2 aromatic rings. The number of carbonyl (C=O) groups is 6. The third-order valence-corrected chi connectivity index (χ3v) is 14.5. The highest BCUT2D eigenvalue weighted by molar-refractivity contribution is 6.31. The highest BCUT2D eigenvalue weighted by Crippen LogP contribution is 2.53. The van der Waals surface area contributed by atoms with Gasteiger partial charge in [0, 0.05) is 75.0 Å². The molecular weight excluding hydrogens is 959 g/mol. The zero-order valence-electron chi connectivity index (χ0n) is 42.0. The third kappa shape index (κ3) is 11.2. The van der Waals surface area contributed by atoms with E-state index in [2.05, 4.69) is 15.5 Å². The molecule has 8 rings (SSSR count). The second-order valence-electron chi connectivity index (χ2n) is 20.6. The first-order chi connectivity index (χ1) is 34.7. The summed E-state index contributed by atoms with van der Waals surface area (Å²) < 4.78 is 53.7. The lowest BCUT2D eigenvalue weighted by atomic mass is 9.72. The van der Waals surface area contributed by atoms with Gasteiger partial charge in [0.25, 0.3) is 0 Å². The molecule has 3 aliphatic heterocycles. The molecule has 0 radical (unpaired) electrons. The van der Waals surface area contributed by atoms with Crippen LogP contribution in [0.1, 0.15) is 141 Å². The van der Waals surface area contributed by atoms with E-state index in [0.717, 1.165) is 6.42 Å². The van der Waals surface area contributed by atoms with Crippen LogP contribution in [0.2, 0.25) is 0 Å². The number of phenolic OH excluding ortho intramolecular Hbond substituents is 2. The van der Waals surface area contributed by atoms with Gasteiger partial charge in [-0.25, -0.2) is 9.59 Å². The number of fused-ring (bicyclic) bond motifs is 6. The molecule has 73 heavy (non-hydrogen) atoms. The number of Topliss-reactive ketones (excluding diaryl/α,β-unsaturated/α-hetero) is 1. The molecule has 0 aromatic heterocycles. The molecule has 0 spiro atoms. The Morgan fingerprint density at radius 1 is 0.945 bits per heavy atom. The van der Waals surface area contributed by atoms with Gasteiger partial charge in [0.1, 0.15) is 53.8 Å². The Morgan fingerprint density at radius 3 is 2.37 bits per heavy atom. The lowest BCUT2D eigenvalue weighted by Crippen LogP contribution is -2.55. The summed E-state index contributed by atoms with van der Waals surface area (Å²) in [5, 5.41) is 51.6. The molecule has 22 heteroatoms. The maximum Gasteiger partial charge on any atom is 0.408 e. The Labute approximate surface area is 422 Å². The zero-order valence-corrected chi connectivity index (χ0v) is 42.0. The minimum absolute atomic E-state index is 0.0741. The number of unbranched alkanes of at least 4 members (excludes halogenated alkanes) is 1. The summed E-state index contributed by atoms with van der Waals surface area (Å²) in [5.41, 5.74) is -4.60. The number of hydrogen-bond donors (Lipinski definition) is 6. The minimum Gasteiger partial charge on any atom is -0.507 e. The molecule has 3 saturated heterocycles. The largest absolute Gasteiger partial charge is 0.507 e. The van der Waals surface area contributed by atoms with Gasteiger partial charge in [0.15, 0.2) is 36.2 Å². The number of rotatable bonds is 18. The van der Waals surface area contributed by atoms with Crippen LogP contribution in [0.5, 0.6) is 17.2 Å². The van der Waals surface area contributed by atoms with Crippen LogP contribution in [0, 0.1) is 0 Å². The number of aliphatic hydroxyl groups is 1. The molecule has 2 aromatic carbocycles. The molecule has 6 aliphatic rings. The average Bonchev–Trinajstić information content (AvgIpc) is 3.73. The summed E-state index contributed by atoms with van der Waals surface area (Å²) >= 11 is 0. The SMILES string of the molecule is COc1cccc2c1C(=O)c1c(O)c3c(c(O)c1C2=O)C[C@@](O)(C(=O)COC1(OCC(=O)NCCCC[C@@H](NC(=O)OC(C)(C)C)C(=O)O)CCCCC1)C[C@@H]3O[C@H]1C[C@H]2[C@H](O[C@@H]3[C@@H](OC)OCCN32)[C@H](C)O1. The van der Waals surface area contributed by atoms with Gasteiger partial charge in [-0.2, -0.15) is 0 Å². The van der Waals surface area contributed by atoms with E-state index in [0.29, 0.717) is 51.7 Å². The van der Waals surface area contributed by atoms with Crippen molar-refractivity contribution in [2.75, 3.05) is 47.1 Å². The number of carbonyl (C=O) groups excluding carboxylic acids is 5. The van der Waals surface area contributed by atoms with Crippen molar-refractivity contribution in [1.29, 1.82) is 0 Å². The minimum atomic E-state index is -2.35. The molecular formula is C51H67N3O19. The van der Waals surface area contributed by atoms with Crippen molar-refractivity contribution in [3.8, 4) is 17.2 Å². The number of nitrogens with zero attached hydrogens (tertiary/aromatic N) is 1. The number of carboxylic acid groups (broad SMARTS) is 1. The number of alkyl carbamates (subject to hydrolysis) is 1. The van der Waals surface area contributed by atoms with E-state index in [9.17, 15) is 49.2 Å². The number of ketones is 3. The van der Waals surface area contributed by atoms with Crippen LogP contribution in [0.25, 0.3) is 0 Å². The summed E-state index contributed by atoms with van der Waals surface area (Å²) in [5.74, 6) is -6.81. The van der Waals surface area contributed by atoms with Gasteiger partial charge in [0.05, 0.1) is 42.6 Å². The van der Waals surface area contributed by atoms with Crippen LogP contribution in [-0.2, 0) is 58.7 Å². The Kier molecular flexibility index (Phi) is 16.2. The molecule has 400 valence electrons. The zero-order chi connectivity index (χ0) is 52.6. The van der Waals surface area contributed by atoms with Crippen LogP contribution in [0.15, 0.2) is 18.2 Å².